The van der Waals surface area contributed by atoms with Crippen molar-refractivity contribution in [3.63, 3.8) is 0 Å². The van der Waals surface area contributed by atoms with Crippen LogP contribution in [0, 0.1) is 12.8 Å². The third-order valence-corrected chi connectivity index (χ3v) is 2.91. The van der Waals surface area contributed by atoms with Gasteiger partial charge in [-0.05, 0) is 25.7 Å². The molecule has 2 rings (SSSR count). The zero-order valence-electron chi connectivity index (χ0n) is 9.80. The highest BCUT2D eigenvalue weighted by molar-refractivity contribution is 5.93. The zero-order chi connectivity index (χ0) is 12.6. The standard InChI is InChI=1S/C11H15N3O3/c1-5-7(11(15)16)9(12)14-10(13-5)8(17-2)6-3-4-6/h6,8H,3-4H2,1-2H3,(H,15,16)(H2,12,13,14). The molecule has 1 aliphatic carbocycles. The molecule has 1 aromatic heterocycles. The number of methoxy groups -OCH3 is 1. The van der Waals surface area contributed by atoms with E-state index in [1.54, 1.807) is 14.0 Å². The fraction of sp³-hybridized carbons (Fsp3) is 0.545. The van der Waals surface area contributed by atoms with Crippen LogP contribution in [-0.4, -0.2) is 28.2 Å². The molecular weight excluding hydrogens is 222 g/mol. The first-order valence-corrected chi connectivity index (χ1v) is 5.44. The van der Waals surface area contributed by atoms with Crippen LogP contribution in [-0.2, 0) is 4.74 Å². The number of nitrogen functional groups attached to an aromatic ring is 1. The summed E-state index contributed by atoms with van der Waals surface area (Å²) in [5.74, 6) is -0.195. The summed E-state index contributed by atoms with van der Waals surface area (Å²) in [6.45, 7) is 1.62. The number of carbonyl (C=O) groups is 1. The summed E-state index contributed by atoms with van der Waals surface area (Å²) in [7, 11) is 1.60. The van der Waals surface area contributed by atoms with Gasteiger partial charge in [0, 0.05) is 7.11 Å². The van der Waals surface area contributed by atoms with Gasteiger partial charge in [0.2, 0.25) is 0 Å². The molecule has 6 nitrogen and oxygen atoms in total. The number of rotatable bonds is 4. The van der Waals surface area contributed by atoms with Crippen LogP contribution in [0.2, 0.25) is 0 Å². The van der Waals surface area contributed by atoms with E-state index in [2.05, 4.69) is 9.97 Å². The number of ether oxygens (including phenoxy) is 1. The molecule has 1 fully saturated rings. The van der Waals surface area contributed by atoms with Gasteiger partial charge in [-0.15, -0.1) is 0 Å². The molecule has 1 unspecified atom stereocenters. The van der Waals surface area contributed by atoms with E-state index in [0.717, 1.165) is 12.8 Å². The van der Waals surface area contributed by atoms with Gasteiger partial charge in [0.15, 0.2) is 5.82 Å². The average molecular weight is 237 g/mol. The highest BCUT2D eigenvalue weighted by Gasteiger charge is 2.35. The second-order valence-corrected chi connectivity index (χ2v) is 4.23. The van der Waals surface area contributed by atoms with E-state index in [4.69, 9.17) is 15.6 Å². The molecule has 1 aromatic rings. The Hall–Kier alpha value is -1.69. The fourth-order valence-corrected chi connectivity index (χ4v) is 1.92. The topological polar surface area (TPSA) is 98.3 Å². The molecule has 0 spiro atoms. The van der Waals surface area contributed by atoms with Crippen molar-refractivity contribution in [1.29, 1.82) is 0 Å². The average Bonchev–Trinajstić information content (AvgIpc) is 3.01. The van der Waals surface area contributed by atoms with E-state index < -0.39 is 5.97 Å². The number of nitrogens with zero attached hydrogens (tertiary/aromatic N) is 2. The Kier molecular flexibility index (Phi) is 2.97. The van der Waals surface area contributed by atoms with Crippen molar-refractivity contribution >= 4 is 11.8 Å². The number of anilines is 1. The third-order valence-electron chi connectivity index (χ3n) is 2.91. The van der Waals surface area contributed by atoms with Crippen molar-refractivity contribution < 1.29 is 14.6 Å². The summed E-state index contributed by atoms with van der Waals surface area (Å²) in [6.07, 6.45) is 1.99. The van der Waals surface area contributed by atoms with Gasteiger partial charge in [0.1, 0.15) is 17.5 Å². The van der Waals surface area contributed by atoms with Gasteiger partial charge in [0.05, 0.1) is 5.69 Å². The molecule has 0 aromatic carbocycles. The van der Waals surface area contributed by atoms with Gasteiger partial charge in [-0.1, -0.05) is 0 Å². The summed E-state index contributed by atoms with van der Waals surface area (Å²) in [6, 6.07) is 0. The predicted molar refractivity (Wildman–Crippen MR) is 60.6 cm³/mol. The van der Waals surface area contributed by atoms with Crippen molar-refractivity contribution in [3.8, 4) is 0 Å². The quantitative estimate of drug-likeness (QED) is 0.815. The lowest BCUT2D eigenvalue weighted by atomic mass is 10.1. The number of aromatic carboxylic acids is 1. The van der Waals surface area contributed by atoms with Gasteiger partial charge in [0.25, 0.3) is 0 Å². The first kappa shape index (κ1) is 11.8. The van der Waals surface area contributed by atoms with Crippen molar-refractivity contribution in [2.75, 3.05) is 12.8 Å². The van der Waals surface area contributed by atoms with Crippen molar-refractivity contribution in [3.05, 3.63) is 17.1 Å². The lowest BCUT2D eigenvalue weighted by molar-refractivity contribution is 0.0690. The van der Waals surface area contributed by atoms with E-state index in [9.17, 15) is 4.79 Å². The Morgan fingerprint density at radius 3 is 2.59 bits per heavy atom. The van der Waals surface area contributed by atoms with Crippen LogP contribution in [0.25, 0.3) is 0 Å². The Morgan fingerprint density at radius 1 is 1.53 bits per heavy atom. The number of hydrogen-bond donors (Lipinski definition) is 2. The second kappa shape index (κ2) is 4.29. The number of carboxylic acid groups (broad SMARTS) is 1. The fourth-order valence-electron chi connectivity index (χ4n) is 1.92. The summed E-state index contributed by atoms with van der Waals surface area (Å²) in [5.41, 5.74) is 6.00. The molecule has 0 bridgehead atoms. The van der Waals surface area contributed by atoms with Crippen LogP contribution in [0.15, 0.2) is 0 Å². The summed E-state index contributed by atoms with van der Waals surface area (Å²) in [5, 5.41) is 8.96. The van der Waals surface area contributed by atoms with Gasteiger partial charge < -0.3 is 15.6 Å². The maximum atomic E-state index is 10.9. The molecular formula is C11H15N3O3. The molecule has 1 atom stereocenters. The second-order valence-electron chi connectivity index (χ2n) is 4.23. The first-order valence-electron chi connectivity index (χ1n) is 5.44. The Balaban J connectivity index is 2.40. The lowest BCUT2D eigenvalue weighted by Crippen LogP contribution is -2.15. The minimum absolute atomic E-state index is 0.00250. The maximum absolute atomic E-state index is 10.9. The number of aryl methyl sites for hydroxylation is 1. The minimum Gasteiger partial charge on any atom is -0.477 e. The van der Waals surface area contributed by atoms with Gasteiger partial charge in [-0.2, -0.15) is 0 Å². The van der Waals surface area contributed by atoms with Crippen LogP contribution in [0.4, 0.5) is 5.82 Å². The van der Waals surface area contributed by atoms with Crippen molar-refractivity contribution in [1.82, 2.24) is 9.97 Å². The number of aromatic nitrogens is 2. The molecule has 1 saturated carbocycles. The van der Waals surface area contributed by atoms with E-state index in [0.29, 0.717) is 17.4 Å². The first-order chi connectivity index (χ1) is 8.04. The van der Waals surface area contributed by atoms with Crippen LogP contribution >= 0.6 is 0 Å². The number of nitrogens with two attached hydrogens (primary N) is 1. The molecule has 0 aliphatic heterocycles. The Morgan fingerprint density at radius 2 is 2.18 bits per heavy atom. The molecule has 0 radical (unpaired) electrons. The van der Waals surface area contributed by atoms with Gasteiger partial charge >= 0.3 is 5.97 Å². The molecule has 17 heavy (non-hydrogen) atoms. The molecule has 6 heteroatoms. The van der Waals surface area contributed by atoms with Crippen LogP contribution in [0.1, 0.15) is 40.8 Å². The maximum Gasteiger partial charge on any atom is 0.341 e. The largest absolute Gasteiger partial charge is 0.477 e. The monoisotopic (exact) mass is 237 g/mol. The van der Waals surface area contributed by atoms with Gasteiger partial charge in [-0.3, -0.25) is 0 Å². The van der Waals surface area contributed by atoms with E-state index in [1.807, 2.05) is 0 Å². The molecule has 92 valence electrons. The van der Waals surface area contributed by atoms with Crippen molar-refractivity contribution in [2.24, 2.45) is 5.92 Å². The SMILES string of the molecule is COC(c1nc(C)c(C(=O)O)c(N)n1)C1CC1. The van der Waals surface area contributed by atoms with Crippen LogP contribution in [0.3, 0.4) is 0 Å². The molecule has 0 saturated heterocycles. The van der Waals surface area contributed by atoms with E-state index in [1.165, 1.54) is 0 Å². The van der Waals surface area contributed by atoms with E-state index >= 15 is 0 Å². The van der Waals surface area contributed by atoms with Crippen LogP contribution < -0.4 is 5.73 Å². The molecule has 0 amide bonds. The summed E-state index contributed by atoms with van der Waals surface area (Å²) >= 11 is 0. The Labute approximate surface area is 98.8 Å². The molecule has 3 N–H and O–H groups in total. The highest BCUT2D eigenvalue weighted by atomic mass is 16.5. The number of carboxylic acids is 1. The normalized spacial score (nSPS) is 16.8. The smallest absolute Gasteiger partial charge is 0.341 e. The number of hydrogen-bond acceptors (Lipinski definition) is 5. The van der Waals surface area contributed by atoms with E-state index in [-0.39, 0.29) is 17.5 Å². The predicted octanol–water partition coefficient (Wildman–Crippen LogP) is 1.16. The lowest BCUT2D eigenvalue weighted by Gasteiger charge is -2.15. The van der Waals surface area contributed by atoms with Gasteiger partial charge in [-0.25, -0.2) is 14.8 Å². The van der Waals surface area contributed by atoms with Crippen molar-refractivity contribution in [2.45, 2.75) is 25.9 Å². The molecule has 1 aliphatic rings. The molecule has 1 heterocycles. The highest BCUT2D eigenvalue weighted by Crippen LogP contribution is 2.42. The zero-order valence-corrected chi connectivity index (χ0v) is 9.80. The van der Waals surface area contributed by atoms with Crippen LogP contribution in [0.5, 0.6) is 0 Å². The minimum atomic E-state index is -1.10. The summed E-state index contributed by atoms with van der Waals surface area (Å²) in [4.78, 5) is 19.2. The Bertz CT molecular complexity index is 434. The third kappa shape index (κ3) is 2.21. The summed E-state index contributed by atoms with van der Waals surface area (Å²) < 4.78 is 5.34.